The maximum Gasteiger partial charge on any atom is 0.0459 e. The number of hydrogen-bond acceptors (Lipinski definition) is 2. The van der Waals surface area contributed by atoms with Gasteiger partial charge >= 0.3 is 0 Å². The van der Waals surface area contributed by atoms with Crippen LogP contribution >= 0.6 is 0 Å². The van der Waals surface area contributed by atoms with Gasteiger partial charge in [-0.15, -0.1) is 0 Å². The molecule has 20 heavy (non-hydrogen) atoms. The predicted octanol–water partition coefficient (Wildman–Crippen LogP) is 4.18. The summed E-state index contributed by atoms with van der Waals surface area (Å²) in [6, 6.07) is 17.4. The highest BCUT2D eigenvalue weighted by molar-refractivity contribution is 5.70. The summed E-state index contributed by atoms with van der Waals surface area (Å²) < 4.78 is 0. The van der Waals surface area contributed by atoms with E-state index in [1.807, 2.05) is 0 Å². The number of fused-ring (bicyclic) bond motifs is 1. The number of nitrogens with two attached hydrogens (primary N) is 1. The van der Waals surface area contributed by atoms with Crippen molar-refractivity contribution in [2.45, 2.75) is 32.2 Å². The van der Waals surface area contributed by atoms with E-state index in [2.05, 4.69) is 60.4 Å². The molecule has 0 saturated carbocycles. The van der Waals surface area contributed by atoms with Crippen LogP contribution in [-0.4, -0.2) is 6.54 Å². The molecule has 2 nitrogen and oxygen atoms in total. The lowest BCUT2D eigenvalue weighted by atomic mass is 9.97. The minimum absolute atomic E-state index is 0.111. The molecule has 1 aliphatic rings. The van der Waals surface area contributed by atoms with Crippen LogP contribution in [0.5, 0.6) is 0 Å². The third-order valence-corrected chi connectivity index (χ3v) is 4.18. The average Bonchev–Trinajstić information content (AvgIpc) is 2.53. The molecule has 0 saturated heterocycles. The Labute approximate surface area is 121 Å². The Bertz CT molecular complexity index is 591. The Kier molecular flexibility index (Phi) is 3.75. The Morgan fingerprint density at radius 1 is 1.05 bits per heavy atom. The average molecular weight is 266 g/mol. The van der Waals surface area contributed by atoms with E-state index < -0.39 is 0 Å². The van der Waals surface area contributed by atoms with Gasteiger partial charge in [-0.2, -0.15) is 0 Å². The lowest BCUT2D eigenvalue weighted by Crippen LogP contribution is -2.26. The standard InChI is InChI=1S/C18H22N2/c1-2-16(19)15-10-4-6-12-18(15)20-13-7-9-14-8-3-5-11-17(14)20/h3-6,8,10-12,16H,2,7,9,13,19H2,1H3/t16-/m0/s1. The highest BCUT2D eigenvalue weighted by Gasteiger charge is 2.21. The smallest absolute Gasteiger partial charge is 0.0459 e. The lowest BCUT2D eigenvalue weighted by Gasteiger charge is -2.33. The summed E-state index contributed by atoms with van der Waals surface area (Å²) in [6.45, 7) is 3.22. The monoisotopic (exact) mass is 266 g/mol. The van der Waals surface area contributed by atoms with Gasteiger partial charge in [0.15, 0.2) is 0 Å². The number of rotatable bonds is 3. The molecule has 3 rings (SSSR count). The summed E-state index contributed by atoms with van der Waals surface area (Å²) in [5, 5.41) is 0. The van der Waals surface area contributed by atoms with E-state index in [4.69, 9.17) is 5.73 Å². The second-order valence-corrected chi connectivity index (χ2v) is 5.46. The molecule has 1 aliphatic heterocycles. The molecule has 0 bridgehead atoms. The van der Waals surface area contributed by atoms with E-state index in [0.29, 0.717) is 0 Å². The molecule has 2 heteroatoms. The number of benzene rings is 2. The molecule has 0 radical (unpaired) electrons. The summed E-state index contributed by atoms with van der Waals surface area (Å²) in [4.78, 5) is 2.43. The third kappa shape index (κ3) is 2.32. The maximum absolute atomic E-state index is 6.30. The Morgan fingerprint density at radius 3 is 2.55 bits per heavy atom. The number of nitrogens with zero attached hydrogens (tertiary/aromatic N) is 1. The van der Waals surface area contributed by atoms with E-state index in [1.54, 1.807) is 0 Å². The minimum atomic E-state index is 0.111. The predicted molar refractivity (Wildman–Crippen MR) is 85.4 cm³/mol. The van der Waals surface area contributed by atoms with Crippen LogP contribution in [0, 0.1) is 0 Å². The largest absolute Gasteiger partial charge is 0.341 e. The molecule has 1 atom stereocenters. The van der Waals surface area contributed by atoms with Crippen LogP contribution in [0.15, 0.2) is 48.5 Å². The quantitative estimate of drug-likeness (QED) is 0.903. The highest BCUT2D eigenvalue weighted by atomic mass is 15.1. The van der Waals surface area contributed by atoms with Crippen molar-refractivity contribution in [3.8, 4) is 0 Å². The fourth-order valence-corrected chi connectivity index (χ4v) is 3.05. The molecular weight excluding hydrogens is 244 g/mol. The van der Waals surface area contributed by atoms with Crippen molar-refractivity contribution in [1.82, 2.24) is 0 Å². The lowest BCUT2D eigenvalue weighted by molar-refractivity contribution is 0.690. The summed E-state index contributed by atoms with van der Waals surface area (Å²) in [7, 11) is 0. The van der Waals surface area contributed by atoms with Crippen LogP contribution in [0.3, 0.4) is 0 Å². The van der Waals surface area contributed by atoms with Crippen LogP contribution in [0.25, 0.3) is 0 Å². The van der Waals surface area contributed by atoms with Gasteiger partial charge in [0, 0.05) is 24.0 Å². The van der Waals surface area contributed by atoms with Gasteiger partial charge in [-0.05, 0) is 42.5 Å². The van der Waals surface area contributed by atoms with Gasteiger partial charge in [0.2, 0.25) is 0 Å². The molecule has 1 heterocycles. The Morgan fingerprint density at radius 2 is 1.75 bits per heavy atom. The molecule has 2 aromatic carbocycles. The van der Waals surface area contributed by atoms with Crippen molar-refractivity contribution in [3.05, 3.63) is 59.7 Å². The first kappa shape index (κ1) is 13.2. The van der Waals surface area contributed by atoms with Crippen LogP contribution in [0.4, 0.5) is 11.4 Å². The molecule has 2 aromatic rings. The molecule has 0 aromatic heterocycles. The summed E-state index contributed by atoms with van der Waals surface area (Å²) in [5.41, 5.74) is 11.6. The fourth-order valence-electron chi connectivity index (χ4n) is 3.05. The van der Waals surface area contributed by atoms with Crippen molar-refractivity contribution in [2.75, 3.05) is 11.4 Å². The van der Waals surface area contributed by atoms with Crippen molar-refractivity contribution < 1.29 is 0 Å². The van der Waals surface area contributed by atoms with Crippen LogP contribution < -0.4 is 10.6 Å². The first-order valence-electron chi connectivity index (χ1n) is 7.51. The first-order valence-corrected chi connectivity index (χ1v) is 7.51. The molecule has 2 N–H and O–H groups in total. The van der Waals surface area contributed by atoms with Crippen LogP contribution in [0.1, 0.15) is 36.9 Å². The van der Waals surface area contributed by atoms with E-state index in [1.165, 1.54) is 35.3 Å². The zero-order chi connectivity index (χ0) is 13.9. The van der Waals surface area contributed by atoms with Crippen molar-refractivity contribution in [2.24, 2.45) is 5.73 Å². The van der Waals surface area contributed by atoms with Crippen LogP contribution in [0.2, 0.25) is 0 Å². The van der Waals surface area contributed by atoms with E-state index >= 15 is 0 Å². The number of aryl methyl sites for hydroxylation is 1. The zero-order valence-electron chi connectivity index (χ0n) is 12.0. The topological polar surface area (TPSA) is 29.3 Å². The van der Waals surface area contributed by atoms with Gasteiger partial charge in [-0.25, -0.2) is 0 Å². The van der Waals surface area contributed by atoms with Gasteiger partial charge in [0.25, 0.3) is 0 Å². The zero-order valence-corrected chi connectivity index (χ0v) is 12.0. The van der Waals surface area contributed by atoms with Crippen molar-refractivity contribution in [3.63, 3.8) is 0 Å². The number of anilines is 2. The number of para-hydroxylation sites is 2. The molecular formula is C18H22N2. The van der Waals surface area contributed by atoms with Gasteiger partial charge in [-0.1, -0.05) is 43.3 Å². The minimum Gasteiger partial charge on any atom is -0.341 e. The molecule has 0 unspecified atom stereocenters. The summed E-state index contributed by atoms with van der Waals surface area (Å²) in [5.74, 6) is 0. The van der Waals surface area contributed by atoms with Crippen molar-refractivity contribution >= 4 is 11.4 Å². The second-order valence-electron chi connectivity index (χ2n) is 5.46. The second kappa shape index (κ2) is 5.68. The first-order chi connectivity index (χ1) is 9.81. The number of hydrogen-bond donors (Lipinski definition) is 1. The molecule has 0 spiro atoms. The Hall–Kier alpha value is -1.80. The van der Waals surface area contributed by atoms with Crippen LogP contribution in [-0.2, 0) is 6.42 Å². The van der Waals surface area contributed by atoms with Gasteiger partial charge < -0.3 is 10.6 Å². The summed E-state index contributed by atoms with van der Waals surface area (Å²) in [6.07, 6.45) is 3.34. The van der Waals surface area contributed by atoms with E-state index in [9.17, 15) is 0 Å². The molecule has 104 valence electrons. The molecule has 0 fully saturated rings. The van der Waals surface area contributed by atoms with Gasteiger partial charge in [-0.3, -0.25) is 0 Å². The van der Waals surface area contributed by atoms with E-state index in [0.717, 1.165) is 13.0 Å². The Balaban J connectivity index is 2.07. The molecule has 0 amide bonds. The molecule has 0 aliphatic carbocycles. The van der Waals surface area contributed by atoms with Gasteiger partial charge in [0.05, 0.1) is 0 Å². The normalized spacial score (nSPS) is 15.8. The van der Waals surface area contributed by atoms with E-state index in [-0.39, 0.29) is 6.04 Å². The maximum atomic E-state index is 6.30. The summed E-state index contributed by atoms with van der Waals surface area (Å²) >= 11 is 0. The van der Waals surface area contributed by atoms with Gasteiger partial charge in [0.1, 0.15) is 0 Å². The SMILES string of the molecule is CC[C@H](N)c1ccccc1N1CCCc2ccccc21. The fraction of sp³-hybridized carbons (Fsp3) is 0.333. The highest BCUT2D eigenvalue weighted by Crippen LogP contribution is 2.36. The third-order valence-electron chi connectivity index (χ3n) is 4.18. The van der Waals surface area contributed by atoms with Crippen molar-refractivity contribution in [1.29, 1.82) is 0 Å².